The molecule has 0 aromatic heterocycles. The number of nitrogens with zero attached hydrogens (tertiary/aromatic N) is 3. The molecule has 0 spiro atoms. The summed E-state index contributed by atoms with van der Waals surface area (Å²) in [4.78, 5) is 4.72. The summed E-state index contributed by atoms with van der Waals surface area (Å²) < 4.78 is 0. The zero-order valence-electron chi connectivity index (χ0n) is 12.9. The normalized spacial score (nSPS) is 10.6. The van der Waals surface area contributed by atoms with Crippen molar-refractivity contribution in [3.05, 3.63) is 23.8 Å². The van der Waals surface area contributed by atoms with Gasteiger partial charge in [-0.2, -0.15) is 5.26 Å². The van der Waals surface area contributed by atoms with Crippen LogP contribution in [0.4, 0.5) is 11.4 Å². The molecule has 0 saturated heterocycles. The molecule has 1 aromatic rings. The first-order valence-electron chi connectivity index (χ1n) is 7.43. The average Bonchev–Trinajstić information content (AvgIpc) is 2.48. The number of nitriles is 1. The Labute approximate surface area is 122 Å². The molecule has 20 heavy (non-hydrogen) atoms. The highest BCUT2D eigenvalue weighted by Crippen LogP contribution is 2.20. The predicted octanol–water partition coefficient (Wildman–Crippen LogP) is 2.70. The fourth-order valence-corrected chi connectivity index (χ4v) is 2.33. The smallest absolute Gasteiger partial charge is 0.101 e. The van der Waals surface area contributed by atoms with Crippen molar-refractivity contribution >= 4 is 11.4 Å². The molecule has 0 aliphatic rings. The van der Waals surface area contributed by atoms with E-state index in [0.29, 0.717) is 11.3 Å². The van der Waals surface area contributed by atoms with Crippen molar-refractivity contribution in [2.75, 3.05) is 43.4 Å². The summed E-state index contributed by atoms with van der Waals surface area (Å²) in [6.07, 6.45) is 1.13. The SMILES string of the molecule is CCN(CC)CCCN(CC)c1ccc(N)c(C#N)c1. The Bertz CT molecular complexity index is 446. The lowest BCUT2D eigenvalue weighted by Crippen LogP contribution is -2.30. The first kappa shape index (κ1) is 16.3. The van der Waals surface area contributed by atoms with Crippen LogP contribution in [0, 0.1) is 11.3 Å². The van der Waals surface area contributed by atoms with Gasteiger partial charge in [-0.15, -0.1) is 0 Å². The Hall–Kier alpha value is -1.73. The molecule has 0 fully saturated rings. The van der Waals surface area contributed by atoms with Crippen LogP contribution in [0.25, 0.3) is 0 Å². The number of rotatable bonds is 8. The lowest BCUT2D eigenvalue weighted by molar-refractivity contribution is 0.301. The first-order chi connectivity index (χ1) is 9.65. The van der Waals surface area contributed by atoms with E-state index >= 15 is 0 Å². The number of nitrogens with two attached hydrogens (primary N) is 1. The molecule has 0 amide bonds. The molecule has 0 atom stereocenters. The summed E-state index contributed by atoms with van der Waals surface area (Å²) in [5.41, 5.74) is 7.96. The molecule has 110 valence electrons. The van der Waals surface area contributed by atoms with E-state index in [0.717, 1.165) is 44.8 Å². The van der Waals surface area contributed by atoms with Gasteiger partial charge in [-0.3, -0.25) is 0 Å². The minimum Gasteiger partial charge on any atom is -0.398 e. The van der Waals surface area contributed by atoms with Gasteiger partial charge in [0.15, 0.2) is 0 Å². The maximum atomic E-state index is 9.05. The third-order valence-electron chi connectivity index (χ3n) is 3.70. The lowest BCUT2D eigenvalue weighted by Gasteiger charge is -2.25. The van der Waals surface area contributed by atoms with E-state index in [2.05, 4.69) is 36.6 Å². The van der Waals surface area contributed by atoms with Crippen molar-refractivity contribution in [3.63, 3.8) is 0 Å². The van der Waals surface area contributed by atoms with Crippen LogP contribution in [-0.4, -0.2) is 37.6 Å². The molecule has 4 heteroatoms. The number of nitrogen functional groups attached to an aromatic ring is 1. The van der Waals surface area contributed by atoms with Crippen LogP contribution in [0.2, 0.25) is 0 Å². The van der Waals surface area contributed by atoms with Crippen molar-refractivity contribution in [1.82, 2.24) is 4.90 Å². The van der Waals surface area contributed by atoms with Gasteiger partial charge >= 0.3 is 0 Å². The first-order valence-corrected chi connectivity index (χ1v) is 7.43. The van der Waals surface area contributed by atoms with Gasteiger partial charge in [0.05, 0.1) is 5.56 Å². The topological polar surface area (TPSA) is 56.3 Å². The molecule has 0 aliphatic carbocycles. The van der Waals surface area contributed by atoms with Gasteiger partial charge < -0.3 is 15.5 Å². The van der Waals surface area contributed by atoms with E-state index in [-0.39, 0.29) is 0 Å². The summed E-state index contributed by atoms with van der Waals surface area (Å²) in [5.74, 6) is 0. The fraction of sp³-hybridized carbons (Fsp3) is 0.562. The molecule has 0 radical (unpaired) electrons. The van der Waals surface area contributed by atoms with Gasteiger partial charge in [-0.1, -0.05) is 13.8 Å². The molecule has 0 saturated carbocycles. The van der Waals surface area contributed by atoms with E-state index in [9.17, 15) is 0 Å². The number of anilines is 2. The van der Waals surface area contributed by atoms with Gasteiger partial charge in [-0.05, 0) is 51.2 Å². The molecule has 0 heterocycles. The largest absolute Gasteiger partial charge is 0.398 e. The third kappa shape index (κ3) is 4.43. The van der Waals surface area contributed by atoms with Crippen molar-refractivity contribution in [1.29, 1.82) is 5.26 Å². The van der Waals surface area contributed by atoms with Crippen LogP contribution < -0.4 is 10.6 Å². The minimum absolute atomic E-state index is 0.551. The number of hydrogen-bond donors (Lipinski definition) is 1. The maximum absolute atomic E-state index is 9.05. The highest BCUT2D eigenvalue weighted by Gasteiger charge is 2.08. The second-order valence-electron chi connectivity index (χ2n) is 4.84. The Morgan fingerprint density at radius 3 is 2.35 bits per heavy atom. The number of benzene rings is 1. The zero-order valence-corrected chi connectivity index (χ0v) is 12.9. The van der Waals surface area contributed by atoms with Crippen LogP contribution in [-0.2, 0) is 0 Å². The van der Waals surface area contributed by atoms with Crippen LogP contribution in [0.5, 0.6) is 0 Å². The molecule has 0 unspecified atom stereocenters. The van der Waals surface area contributed by atoms with Gasteiger partial charge in [-0.25, -0.2) is 0 Å². The molecule has 2 N–H and O–H groups in total. The standard InChI is InChI=1S/C16H26N4/c1-4-19(5-2)10-7-11-20(6-3)15-8-9-16(18)14(12-15)13-17/h8-9,12H,4-7,10-11,18H2,1-3H3. The monoisotopic (exact) mass is 274 g/mol. The van der Waals surface area contributed by atoms with Crippen molar-refractivity contribution in [2.45, 2.75) is 27.2 Å². The molecular formula is C16H26N4. The molecule has 1 rings (SSSR count). The molecule has 0 bridgehead atoms. The van der Waals surface area contributed by atoms with Gasteiger partial charge in [0, 0.05) is 24.5 Å². The van der Waals surface area contributed by atoms with Crippen molar-refractivity contribution in [2.24, 2.45) is 0 Å². The molecular weight excluding hydrogens is 248 g/mol. The second-order valence-corrected chi connectivity index (χ2v) is 4.84. The summed E-state index contributed by atoms with van der Waals surface area (Å²) in [6.45, 7) is 11.8. The maximum Gasteiger partial charge on any atom is 0.101 e. The Morgan fingerprint density at radius 2 is 1.80 bits per heavy atom. The third-order valence-corrected chi connectivity index (χ3v) is 3.70. The lowest BCUT2D eigenvalue weighted by atomic mass is 10.1. The van der Waals surface area contributed by atoms with E-state index in [1.54, 1.807) is 0 Å². The summed E-state index contributed by atoms with van der Waals surface area (Å²) in [7, 11) is 0. The Balaban J connectivity index is 2.65. The minimum atomic E-state index is 0.551. The van der Waals surface area contributed by atoms with Crippen LogP contribution in [0.3, 0.4) is 0 Å². The quantitative estimate of drug-likeness (QED) is 0.741. The second kappa shape index (κ2) is 8.44. The molecule has 0 aliphatic heterocycles. The molecule has 1 aromatic carbocycles. The molecule has 4 nitrogen and oxygen atoms in total. The Kier molecular flexibility index (Phi) is 6.89. The Morgan fingerprint density at radius 1 is 1.10 bits per heavy atom. The summed E-state index contributed by atoms with van der Waals surface area (Å²) in [5, 5.41) is 9.05. The highest BCUT2D eigenvalue weighted by atomic mass is 15.1. The highest BCUT2D eigenvalue weighted by molar-refractivity contribution is 5.62. The van der Waals surface area contributed by atoms with E-state index in [1.807, 2.05) is 18.2 Å². The summed E-state index contributed by atoms with van der Waals surface area (Å²) in [6, 6.07) is 7.85. The van der Waals surface area contributed by atoms with E-state index in [4.69, 9.17) is 11.0 Å². The van der Waals surface area contributed by atoms with Crippen molar-refractivity contribution in [3.8, 4) is 6.07 Å². The van der Waals surface area contributed by atoms with Crippen LogP contribution in [0.15, 0.2) is 18.2 Å². The van der Waals surface area contributed by atoms with Crippen LogP contribution in [0.1, 0.15) is 32.8 Å². The predicted molar refractivity (Wildman–Crippen MR) is 85.9 cm³/mol. The fourth-order valence-electron chi connectivity index (χ4n) is 2.33. The van der Waals surface area contributed by atoms with E-state index < -0.39 is 0 Å². The van der Waals surface area contributed by atoms with Gasteiger partial charge in [0.25, 0.3) is 0 Å². The zero-order chi connectivity index (χ0) is 15.0. The summed E-state index contributed by atoms with van der Waals surface area (Å²) >= 11 is 0. The van der Waals surface area contributed by atoms with Crippen LogP contribution >= 0.6 is 0 Å². The van der Waals surface area contributed by atoms with Gasteiger partial charge in [0.1, 0.15) is 6.07 Å². The van der Waals surface area contributed by atoms with Crippen molar-refractivity contribution < 1.29 is 0 Å². The van der Waals surface area contributed by atoms with Gasteiger partial charge in [0.2, 0.25) is 0 Å². The number of hydrogen-bond acceptors (Lipinski definition) is 4. The van der Waals surface area contributed by atoms with E-state index in [1.165, 1.54) is 0 Å². The average molecular weight is 274 g/mol.